The van der Waals surface area contributed by atoms with Crippen molar-refractivity contribution in [1.82, 2.24) is 10.6 Å². The Morgan fingerprint density at radius 2 is 1.92 bits per heavy atom. The Morgan fingerprint density at radius 1 is 1.21 bits per heavy atom. The molecule has 0 aliphatic carbocycles. The molecule has 0 bridgehead atoms. The predicted molar refractivity (Wildman–Crippen MR) is 106 cm³/mol. The lowest BCUT2D eigenvalue weighted by molar-refractivity contribution is 0.275. The first-order chi connectivity index (χ1) is 11.1. The van der Waals surface area contributed by atoms with Crippen molar-refractivity contribution < 1.29 is 9.50 Å². The highest BCUT2D eigenvalue weighted by Gasteiger charge is 2.08. The first-order valence-corrected chi connectivity index (χ1v) is 7.54. The summed E-state index contributed by atoms with van der Waals surface area (Å²) in [7, 11) is 1.71. The molecule has 0 amide bonds. The zero-order valence-electron chi connectivity index (χ0n) is 13.8. The van der Waals surface area contributed by atoms with Crippen LogP contribution in [0, 0.1) is 5.82 Å². The quantitative estimate of drug-likeness (QED) is 0.378. The van der Waals surface area contributed by atoms with Crippen molar-refractivity contribution in [2.45, 2.75) is 26.1 Å². The molecule has 0 saturated heterocycles. The minimum absolute atomic E-state index is 0. The highest BCUT2D eigenvalue weighted by Crippen LogP contribution is 2.12. The lowest BCUT2D eigenvalue weighted by Crippen LogP contribution is -2.38. The van der Waals surface area contributed by atoms with Gasteiger partial charge in [0.2, 0.25) is 0 Å². The molecule has 0 aliphatic heterocycles. The van der Waals surface area contributed by atoms with Gasteiger partial charge >= 0.3 is 0 Å². The Labute approximate surface area is 159 Å². The number of benzene rings is 2. The van der Waals surface area contributed by atoms with E-state index in [1.165, 1.54) is 11.6 Å². The second-order valence-electron chi connectivity index (χ2n) is 5.29. The zero-order valence-corrected chi connectivity index (χ0v) is 16.1. The number of aliphatic hydroxyl groups is 1. The molecule has 0 saturated carbocycles. The normalized spacial score (nSPS) is 12.2. The lowest BCUT2D eigenvalue weighted by atomic mass is 10.1. The summed E-state index contributed by atoms with van der Waals surface area (Å²) in [6, 6.07) is 14.9. The summed E-state index contributed by atoms with van der Waals surface area (Å²) < 4.78 is 13.4. The van der Waals surface area contributed by atoms with E-state index in [0.29, 0.717) is 18.1 Å². The van der Waals surface area contributed by atoms with Gasteiger partial charge in [-0.2, -0.15) is 0 Å². The molecule has 130 valence electrons. The number of aliphatic imine (C=N–C) groups is 1. The SMILES string of the molecule is CN=C(NCc1ccc(F)c(CO)c1)NC(C)c1ccccc1.I. The fraction of sp³-hybridized carbons (Fsp3) is 0.278. The van der Waals surface area contributed by atoms with Crippen LogP contribution in [0.4, 0.5) is 4.39 Å². The molecule has 0 heterocycles. The van der Waals surface area contributed by atoms with E-state index in [0.717, 1.165) is 5.56 Å². The van der Waals surface area contributed by atoms with Crippen LogP contribution in [0.2, 0.25) is 0 Å². The number of hydrogen-bond donors (Lipinski definition) is 3. The molecular formula is C18H23FIN3O. The Morgan fingerprint density at radius 3 is 2.54 bits per heavy atom. The third kappa shape index (κ3) is 5.76. The largest absolute Gasteiger partial charge is 0.392 e. The Kier molecular flexibility index (Phi) is 8.70. The highest BCUT2D eigenvalue weighted by molar-refractivity contribution is 14.0. The molecule has 1 atom stereocenters. The van der Waals surface area contributed by atoms with Gasteiger partial charge in [-0.3, -0.25) is 4.99 Å². The number of hydrogen-bond acceptors (Lipinski definition) is 2. The summed E-state index contributed by atoms with van der Waals surface area (Å²) in [5, 5.41) is 15.6. The molecule has 0 aromatic heterocycles. The zero-order chi connectivity index (χ0) is 16.7. The van der Waals surface area contributed by atoms with Crippen LogP contribution >= 0.6 is 24.0 Å². The summed E-state index contributed by atoms with van der Waals surface area (Å²) >= 11 is 0. The second-order valence-corrected chi connectivity index (χ2v) is 5.29. The smallest absolute Gasteiger partial charge is 0.191 e. The highest BCUT2D eigenvalue weighted by atomic mass is 127. The fourth-order valence-corrected chi connectivity index (χ4v) is 2.27. The van der Waals surface area contributed by atoms with Gasteiger partial charge in [0.05, 0.1) is 12.6 Å². The van der Waals surface area contributed by atoms with Crippen LogP contribution in [0.1, 0.15) is 29.7 Å². The predicted octanol–water partition coefficient (Wildman–Crippen LogP) is 3.36. The maximum absolute atomic E-state index is 13.4. The molecule has 24 heavy (non-hydrogen) atoms. The van der Waals surface area contributed by atoms with E-state index in [4.69, 9.17) is 5.11 Å². The lowest BCUT2D eigenvalue weighted by Gasteiger charge is -2.18. The van der Waals surface area contributed by atoms with E-state index in [1.54, 1.807) is 19.2 Å². The van der Waals surface area contributed by atoms with Crippen LogP contribution in [0.25, 0.3) is 0 Å². The summed E-state index contributed by atoms with van der Waals surface area (Å²) in [5.41, 5.74) is 2.34. The molecule has 0 radical (unpaired) electrons. The first kappa shape index (κ1) is 20.4. The van der Waals surface area contributed by atoms with Gasteiger partial charge in [-0.25, -0.2) is 4.39 Å². The molecule has 0 fully saturated rings. The number of aliphatic hydroxyl groups excluding tert-OH is 1. The van der Waals surface area contributed by atoms with Gasteiger partial charge in [-0.05, 0) is 30.2 Å². The molecule has 4 nitrogen and oxygen atoms in total. The molecule has 0 spiro atoms. The van der Waals surface area contributed by atoms with Crippen molar-refractivity contribution in [2.24, 2.45) is 4.99 Å². The van der Waals surface area contributed by atoms with E-state index in [2.05, 4.69) is 34.7 Å². The number of rotatable bonds is 5. The monoisotopic (exact) mass is 443 g/mol. The number of nitrogens with one attached hydrogen (secondary N) is 2. The van der Waals surface area contributed by atoms with Crippen molar-refractivity contribution >= 4 is 29.9 Å². The van der Waals surface area contributed by atoms with Crippen LogP contribution < -0.4 is 10.6 Å². The van der Waals surface area contributed by atoms with Crippen LogP contribution in [-0.4, -0.2) is 18.1 Å². The summed E-state index contributed by atoms with van der Waals surface area (Å²) in [6.45, 7) is 2.25. The van der Waals surface area contributed by atoms with Crippen molar-refractivity contribution in [2.75, 3.05) is 7.05 Å². The minimum atomic E-state index is -0.392. The van der Waals surface area contributed by atoms with Crippen LogP contribution in [0.15, 0.2) is 53.5 Å². The van der Waals surface area contributed by atoms with E-state index in [1.807, 2.05) is 18.2 Å². The first-order valence-electron chi connectivity index (χ1n) is 7.54. The molecule has 0 aliphatic rings. The van der Waals surface area contributed by atoms with Crippen molar-refractivity contribution in [1.29, 1.82) is 0 Å². The number of nitrogens with zero attached hydrogens (tertiary/aromatic N) is 1. The summed E-state index contributed by atoms with van der Waals surface area (Å²) in [5.74, 6) is 0.271. The van der Waals surface area contributed by atoms with Crippen LogP contribution in [0.5, 0.6) is 0 Å². The molecule has 6 heteroatoms. The molecule has 1 unspecified atom stereocenters. The summed E-state index contributed by atoms with van der Waals surface area (Å²) in [4.78, 5) is 4.20. The van der Waals surface area contributed by atoms with Crippen LogP contribution in [-0.2, 0) is 13.2 Å². The van der Waals surface area contributed by atoms with Crippen molar-refractivity contribution in [3.05, 3.63) is 71.0 Å². The van der Waals surface area contributed by atoms with E-state index in [-0.39, 0.29) is 36.6 Å². The standard InChI is InChI=1S/C18H22FN3O.HI/c1-13(15-6-4-3-5-7-15)22-18(20-2)21-11-14-8-9-17(19)16(10-14)12-23;/h3-10,13,23H,11-12H2,1-2H3,(H2,20,21,22);1H. The fourth-order valence-electron chi connectivity index (χ4n) is 2.27. The van der Waals surface area contributed by atoms with Gasteiger partial charge in [0.1, 0.15) is 5.82 Å². The minimum Gasteiger partial charge on any atom is -0.392 e. The molecule has 3 N–H and O–H groups in total. The second kappa shape index (κ2) is 10.2. The average Bonchev–Trinajstić information content (AvgIpc) is 2.60. The van der Waals surface area contributed by atoms with Crippen LogP contribution in [0.3, 0.4) is 0 Å². The van der Waals surface area contributed by atoms with E-state index < -0.39 is 5.82 Å². The number of halogens is 2. The Hall–Kier alpha value is -1.67. The molecular weight excluding hydrogens is 420 g/mol. The maximum Gasteiger partial charge on any atom is 0.191 e. The maximum atomic E-state index is 13.4. The topological polar surface area (TPSA) is 56.7 Å². The summed E-state index contributed by atoms with van der Waals surface area (Å²) in [6.07, 6.45) is 0. The van der Waals surface area contributed by atoms with E-state index >= 15 is 0 Å². The van der Waals surface area contributed by atoms with Gasteiger partial charge in [-0.15, -0.1) is 24.0 Å². The molecule has 2 rings (SSSR count). The molecule has 2 aromatic carbocycles. The van der Waals surface area contributed by atoms with Crippen molar-refractivity contribution in [3.8, 4) is 0 Å². The average molecular weight is 443 g/mol. The van der Waals surface area contributed by atoms with Gasteiger partial charge in [0.15, 0.2) is 5.96 Å². The third-order valence-corrected chi connectivity index (χ3v) is 3.62. The third-order valence-electron chi connectivity index (χ3n) is 3.62. The number of guanidine groups is 1. The Balaban J connectivity index is 0.00000288. The van der Waals surface area contributed by atoms with E-state index in [9.17, 15) is 4.39 Å². The van der Waals surface area contributed by atoms with Gasteiger partial charge in [-0.1, -0.05) is 36.4 Å². The van der Waals surface area contributed by atoms with Gasteiger partial charge in [0.25, 0.3) is 0 Å². The van der Waals surface area contributed by atoms with Crippen molar-refractivity contribution in [3.63, 3.8) is 0 Å². The molecule has 2 aromatic rings. The Bertz CT molecular complexity index is 665. The van der Waals surface area contributed by atoms with Gasteiger partial charge in [0, 0.05) is 19.2 Å². The van der Waals surface area contributed by atoms with Gasteiger partial charge < -0.3 is 15.7 Å².